The number of carbonyl (C=O) groups excluding carboxylic acids is 3. The van der Waals surface area contributed by atoms with Gasteiger partial charge in [-0.3, -0.25) is 9.59 Å². The molecule has 2 aromatic carbocycles. The molecule has 0 radical (unpaired) electrons. The second-order valence-electron chi connectivity index (χ2n) is 5.78. The molecule has 0 unspecified atom stereocenters. The molecule has 0 bridgehead atoms. The summed E-state index contributed by atoms with van der Waals surface area (Å²) in [6.07, 6.45) is -0.934. The normalized spacial score (nSPS) is 14.8. The third kappa shape index (κ3) is 4.97. The number of hydrogen-bond acceptors (Lipinski definition) is 6. The second-order valence-corrected chi connectivity index (χ2v) is 5.78. The van der Waals surface area contributed by atoms with Gasteiger partial charge in [0.1, 0.15) is 6.61 Å². The predicted molar refractivity (Wildman–Crippen MR) is 96.7 cm³/mol. The van der Waals surface area contributed by atoms with Crippen LogP contribution in [0.15, 0.2) is 48.5 Å². The molecule has 0 saturated heterocycles. The van der Waals surface area contributed by atoms with Crippen LogP contribution in [0.4, 0.5) is 11.4 Å². The van der Waals surface area contributed by atoms with Crippen LogP contribution in [0.2, 0.25) is 0 Å². The average Bonchev–Trinajstić information content (AvgIpc) is 2.65. The highest BCUT2D eigenvalue weighted by Crippen LogP contribution is 2.31. The van der Waals surface area contributed by atoms with Crippen LogP contribution in [0.25, 0.3) is 0 Å². The zero-order chi connectivity index (χ0) is 19.2. The number of esters is 1. The maximum absolute atomic E-state index is 12.1. The first-order valence-corrected chi connectivity index (χ1v) is 8.24. The number of rotatable bonds is 5. The molecule has 1 aliphatic rings. The zero-order valence-corrected chi connectivity index (χ0v) is 14.6. The first-order chi connectivity index (χ1) is 13.0. The summed E-state index contributed by atoms with van der Waals surface area (Å²) in [5, 5.41) is 5.20. The van der Waals surface area contributed by atoms with Gasteiger partial charge >= 0.3 is 5.97 Å². The Bertz CT molecular complexity index is 867. The average molecular weight is 370 g/mol. The predicted octanol–water partition coefficient (Wildman–Crippen LogP) is 1.97. The molecule has 140 valence electrons. The summed E-state index contributed by atoms with van der Waals surface area (Å²) in [5.41, 5.74) is 1.01. The van der Waals surface area contributed by atoms with Crippen molar-refractivity contribution in [3.8, 4) is 11.5 Å². The standard InChI is InChI=1S/C19H18N2O6/c1-12(22)20-13-5-4-6-14(9-13)21-18(23)11-26-19(24)17-10-25-15-7-2-3-8-16(15)27-17/h2-9,17H,10-11H2,1H3,(H,20,22)(H,21,23)/t17-/m1/s1. The van der Waals surface area contributed by atoms with Gasteiger partial charge < -0.3 is 24.8 Å². The Morgan fingerprint density at radius 3 is 2.48 bits per heavy atom. The van der Waals surface area contributed by atoms with Crippen LogP contribution in [0, 0.1) is 0 Å². The number of anilines is 2. The molecule has 1 aliphatic heterocycles. The van der Waals surface area contributed by atoms with Crippen molar-refractivity contribution in [2.75, 3.05) is 23.8 Å². The molecular weight excluding hydrogens is 352 g/mol. The maximum Gasteiger partial charge on any atom is 0.351 e. The van der Waals surface area contributed by atoms with E-state index in [1.54, 1.807) is 48.5 Å². The smallest absolute Gasteiger partial charge is 0.351 e. The van der Waals surface area contributed by atoms with Gasteiger partial charge in [-0.25, -0.2) is 4.79 Å². The van der Waals surface area contributed by atoms with Crippen LogP contribution >= 0.6 is 0 Å². The molecule has 8 heteroatoms. The minimum absolute atomic E-state index is 0.0101. The van der Waals surface area contributed by atoms with Gasteiger partial charge in [-0.05, 0) is 30.3 Å². The van der Waals surface area contributed by atoms with Crippen molar-refractivity contribution in [1.29, 1.82) is 0 Å². The van der Waals surface area contributed by atoms with Crippen LogP contribution in [0.3, 0.4) is 0 Å². The van der Waals surface area contributed by atoms with Crippen LogP contribution in [0.1, 0.15) is 6.92 Å². The fourth-order valence-electron chi connectivity index (χ4n) is 2.44. The summed E-state index contributed by atoms with van der Waals surface area (Å²) < 4.78 is 16.0. The van der Waals surface area contributed by atoms with Crippen LogP contribution in [0.5, 0.6) is 11.5 Å². The van der Waals surface area contributed by atoms with Crippen molar-refractivity contribution in [3.05, 3.63) is 48.5 Å². The van der Waals surface area contributed by atoms with Crippen molar-refractivity contribution in [2.24, 2.45) is 0 Å². The fraction of sp³-hybridized carbons (Fsp3) is 0.211. The van der Waals surface area contributed by atoms with Gasteiger partial charge in [0.05, 0.1) is 0 Å². The highest BCUT2D eigenvalue weighted by molar-refractivity contribution is 5.94. The van der Waals surface area contributed by atoms with E-state index < -0.39 is 24.6 Å². The first-order valence-electron chi connectivity index (χ1n) is 8.24. The maximum atomic E-state index is 12.1. The molecule has 0 saturated carbocycles. The van der Waals surface area contributed by atoms with Crippen molar-refractivity contribution in [3.63, 3.8) is 0 Å². The summed E-state index contributed by atoms with van der Waals surface area (Å²) >= 11 is 0. The molecule has 3 rings (SSSR count). The van der Waals surface area contributed by atoms with E-state index in [1.807, 2.05) is 0 Å². The molecule has 2 N–H and O–H groups in total. The van der Waals surface area contributed by atoms with Crippen molar-refractivity contribution >= 4 is 29.2 Å². The number of amides is 2. The van der Waals surface area contributed by atoms with Gasteiger partial charge in [0.15, 0.2) is 18.1 Å². The molecule has 1 heterocycles. The number of nitrogens with one attached hydrogen (secondary N) is 2. The van der Waals surface area contributed by atoms with Crippen LogP contribution in [-0.4, -0.2) is 37.1 Å². The molecule has 2 amide bonds. The molecule has 0 fully saturated rings. The van der Waals surface area contributed by atoms with Crippen molar-refractivity contribution in [1.82, 2.24) is 0 Å². The lowest BCUT2D eigenvalue weighted by Gasteiger charge is -2.24. The van der Waals surface area contributed by atoms with Gasteiger partial charge in [-0.2, -0.15) is 0 Å². The second kappa shape index (κ2) is 8.22. The molecule has 1 atom stereocenters. The minimum atomic E-state index is -0.934. The van der Waals surface area contributed by atoms with Gasteiger partial charge in [-0.15, -0.1) is 0 Å². The van der Waals surface area contributed by atoms with E-state index in [9.17, 15) is 14.4 Å². The molecule has 0 aliphatic carbocycles. The first kappa shape index (κ1) is 18.2. The fourth-order valence-corrected chi connectivity index (χ4v) is 2.44. The Morgan fingerprint density at radius 1 is 1.04 bits per heavy atom. The third-order valence-electron chi connectivity index (χ3n) is 3.58. The summed E-state index contributed by atoms with van der Waals surface area (Å²) in [7, 11) is 0. The largest absolute Gasteiger partial charge is 0.485 e. The zero-order valence-electron chi connectivity index (χ0n) is 14.6. The Morgan fingerprint density at radius 2 is 1.74 bits per heavy atom. The van der Waals surface area contributed by atoms with E-state index >= 15 is 0 Å². The SMILES string of the molecule is CC(=O)Nc1cccc(NC(=O)COC(=O)[C@H]2COc3ccccc3O2)c1. The lowest BCUT2D eigenvalue weighted by Crippen LogP contribution is -2.39. The lowest BCUT2D eigenvalue weighted by atomic mass is 10.2. The summed E-state index contributed by atoms with van der Waals surface area (Å²) in [6.45, 7) is 0.932. The van der Waals surface area contributed by atoms with E-state index in [0.717, 1.165) is 0 Å². The lowest BCUT2D eigenvalue weighted by molar-refractivity contribution is -0.156. The molecule has 27 heavy (non-hydrogen) atoms. The van der Waals surface area contributed by atoms with Crippen molar-refractivity contribution < 1.29 is 28.6 Å². The quantitative estimate of drug-likeness (QED) is 0.780. The van der Waals surface area contributed by atoms with Crippen LogP contribution in [-0.2, 0) is 19.1 Å². The Kier molecular flexibility index (Phi) is 5.55. The van der Waals surface area contributed by atoms with Gasteiger partial charge in [0, 0.05) is 18.3 Å². The highest BCUT2D eigenvalue weighted by Gasteiger charge is 2.29. The van der Waals surface area contributed by atoms with Gasteiger partial charge in [0.25, 0.3) is 5.91 Å². The highest BCUT2D eigenvalue weighted by atomic mass is 16.6. The van der Waals surface area contributed by atoms with E-state index in [1.165, 1.54) is 6.92 Å². The van der Waals surface area contributed by atoms with E-state index in [-0.39, 0.29) is 12.5 Å². The third-order valence-corrected chi connectivity index (χ3v) is 3.58. The van der Waals surface area contributed by atoms with Gasteiger partial charge in [-0.1, -0.05) is 18.2 Å². The number of fused-ring (bicyclic) bond motifs is 1. The Hall–Kier alpha value is -3.55. The summed E-state index contributed by atoms with van der Waals surface area (Å²) in [6, 6.07) is 13.6. The molecule has 2 aromatic rings. The topological polar surface area (TPSA) is 103 Å². The van der Waals surface area contributed by atoms with Crippen molar-refractivity contribution in [2.45, 2.75) is 13.0 Å². The number of para-hydroxylation sites is 2. The number of carbonyl (C=O) groups is 3. The molecular formula is C19H18N2O6. The Balaban J connectivity index is 1.49. The number of hydrogen-bond donors (Lipinski definition) is 2. The minimum Gasteiger partial charge on any atom is -0.485 e. The molecule has 0 aromatic heterocycles. The molecule has 8 nitrogen and oxygen atoms in total. The van der Waals surface area contributed by atoms with E-state index in [0.29, 0.717) is 22.9 Å². The summed E-state index contributed by atoms with van der Waals surface area (Å²) in [4.78, 5) is 35.1. The molecule has 0 spiro atoms. The van der Waals surface area contributed by atoms with E-state index in [2.05, 4.69) is 10.6 Å². The number of ether oxygens (including phenoxy) is 3. The van der Waals surface area contributed by atoms with Crippen LogP contribution < -0.4 is 20.1 Å². The van der Waals surface area contributed by atoms with Gasteiger partial charge in [0.2, 0.25) is 12.0 Å². The number of benzene rings is 2. The summed E-state index contributed by atoms with van der Waals surface area (Å²) in [5.74, 6) is -0.418. The monoisotopic (exact) mass is 370 g/mol. The Labute approximate surface area is 155 Å². The van der Waals surface area contributed by atoms with E-state index in [4.69, 9.17) is 14.2 Å².